The molecule has 0 heterocycles. The Morgan fingerprint density at radius 3 is 2.79 bits per heavy atom. The van der Waals surface area contributed by atoms with Crippen molar-refractivity contribution in [2.24, 2.45) is 4.99 Å². The van der Waals surface area contributed by atoms with Crippen LogP contribution >= 0.6 is 11.6 Å². The summed E-state index contributed by atoms with van der Waals surface area (Å²) in [6.07, 6.45) is 1.85. The van der Waals surface area contributed by atoms with Crippen LogP contribution in [0.2, 0.25) is 5.02 Å². The number of rotatable bonds is 4. The monoisotopic (exact) mass is 210 g/mol. The molecule has 0 N–H and O–H groups in total. The highest BCUT2D eigenvalue weighted by Gasteiger charge is 2.00. The lowest BCUT2D eigenvalue weighted by molar-refractivity contribution is 1.05. The van der Waals surface area contributed by atoms with Gasteiger partial charge in [-0.25, -0.2) is 0 Å². The summed E-state index contributed by atoms with van der Waals surface area (Å²) in [7, 11) is 0. The van der Waals surface area contributed by atoms with Crippen LogP contribution in [0.3, 0.4) is 0 Å². The van der Waals surface area contributed by atoms with Gasteiger partial charge in [-0.3, -0.25) is 4.99 Å². The highest BCUT2D eigenvalue weighted by molar-refractivity contribution is 6.30. The first-order valence-electron chi connectivity index (χ1n) is 4.80. The van der Waals surface area contributed by atoms with E-state index in [1.54, 1.807) is 0 Å². The van der Waals surface area contributed by atoms with E-state index in [4.69, 9.17) is 11.6 Å². The van der Waals surface area contributed by atoms with E-state index in [-0.39, 0.29) is 0 Å². The van der Waals surface area contributed by atoms with Crippen molar-refractivity contribution in [3.63, 3.8) is 0 Å². The molecule has 0 atom stereocenters. The van der Waals surface area contributed by atoms with E-state index in [1.807, 2.05) is 37.5 Å². The second-order valence-electron chi connectivity index (χ2n) is 2.88. The highest BCUT2D eigenvalue weighted by Crippen LogP contribution is 2.18. The van der Waals surface area contributed by atoms with Gasteiger partial charge in [-0.15, -0.1) is 0 Å². The maximum Gasteiger partial charge on any atom is 0.0894 e. The number of hydrogen-bond acceptors (Lipinski definition) is 1. The van der Waals surface area contributed by atoms with Crippen molar-refractivity contribution in [3.8, 4) is 0 Å². The largest absolute Gasteiger partial charge is 0.333 e. The average molecular weight is 211 g/mol. The summed E-state index contributed by atoms with van der Waals surface area (Å²) in [4.78, 5) is 6.27. The first-order valence-corrected chi connectivity index (χ1v) is 5.17. The maximum absolute atomic E-state index is 5.91. The van der Waals surface area contributed by atoms with Crippen molar-refractivity contribution in [2.45, 2.75) is 13.8 Å². The van der Waals surface area contributed by atoms with Gasteiger partial charge in [-0.05, 0) is 32.0 Å². The Morgan fingerprint density at radius 2 is 2.21 bits per heavy atom. The Bertz CT molecular complexity index is 310. The quantitative estimate of drug-likeness (QED) is 0.551. The third-order valence-corrected chi connectivity index (χ3v) is 2.12. The topological polar surface area (TPSA) is 15.6 Å². The van der Waals surface area contributed by atoms with E-state index in [1.165, 1.54) is 0 Å². The third-order valence-electron chi connectivity index (χ3n) is 1.88. The molecule has 0 unspecified atom stereocenters. The van der Waals surface area contributed by atoms with E-state index >= 15 is 0 Å². The van der Waals surface area contributed by atoms with Crippen molar-refractivity contribution in [2.75, 3.05) is 18.0 Å². The molecule has 0 radical (unpaired) electrons. The van der Waals surface area contributed by atoms with Gasteiger partial charge in [0.15, 0.2) is 0 Å². The molecule has 0 saturated carbocycles. The summed E-state index contributed by atoms with van der Waals surface area (Å²) in [5.74, 6) is 0. The normalized spacial score (nSPS) is 10.8. The fourth-order valence-corrected chi connectivity index (χ4v) is 1.35. The van der Waals surface area contributed by atoms with Crippen LogP contribution in [0.4, 0.5) is 5.69 Å². The Kier molecular flexibility index (Phi) is 4.47. The van der Waals surface area contributed by atoms with E-state index in [0.717, 1.165) is 23.8 Å². The van der Waals surface area contributed by atoms with Gasteiger partial charge in [0.05, 0.1) is 6.34 Å². The van der Waals surface area contributed by atoms with E-state index in [9.17, 15) is 0 Å². The van der Waals surface area contributed by atoms with Crippen molar-refractivity contribution in [3.05, 3.63) is 29.3 Å². The second-order valence-corrected chi connectivity index (χ2v) is 3.32. The standard InChI is InChI=1S/C11H15ClN2/c1-3-13-9-14(4-2)11-7-5-6-10(12)8-11/h5-9H,3-4H2,1-2H3. The van der Waals surface area contributed by atoms with Gasteiger partial charge < -0.3 is 4.90 Å². The Hall–Kier alpha value is -1.02. The smallest absolute Gasteiger partial charge is 0.0894 e. The minimum atomic E-state index is 0.755. The molecule has 0 amide bonds. The Balaban J connectivity index is 2.83. The van der Waals surface area contributed by atoms with Crippen molar-refractivity contribution >= 4 is 23.6 Å². The van der Waals surface area contributed by atoms with E-state index in [2.05, 4.69) is 16.8 Å². The molecule has 0 bridgehead atoms. The summed E-state index contributed by atoms with van der Waals surface area (Å²) in [6.45, 7) is 5.80. The van der Waals surface area contributed by atoms with Crippen molar-refractivity contribution in [1.29, 1.82) is 0 Å². The van der Waals surface area contributed by atoms with Gasteiger partial charge in [0.25, 0.3) is 0 Å². The van der Waals surface area contributed by atoms with Crippen LogP contribution < -0.4 is 4.90 Å². The van der Waals surface area contributed by atoms with E-state index < -0.39 is 0 Å². The summed E-state index contributed by atoms with van der Waals surface area (Å²) < 4.78 is 0. The van der Waals surface area contributed by atoms with Gasteiger partial charge >= 0.3 is 0 Å². The molecule has 0 fully saturated rings. The number of anilines is 1. The molecule has 0 aliphatic rings. The first-order chi connectivity index (χ1) is 6.77. The molecule has 76 valence electrons. The fourth-order valence-electron chi connectivity index (χ4n) is 1.17. The molecule has 0 aliphatic carbocycles. The highest BCUT2D eigenvalue weighted by atomic mass is 35.5. The predicted molar refractivity (Wildman–Crippen MR) is 63.5 cm³/mol. The predicted octanol–water partition coefficient (Wildman–Crippen LogP) is 3.21. The van der Waals surface area contributed by atoms with Gasteiger partial charge in [0.2, 0.25) is 0 Å². The minimum Gasteiger partial charge on any atom is -0.333 e. The third kappa shape index (κ3) is 3.04. The lowest BCUT2D eigenvalue weighted by Crippen LogP contribution is -2.20. The molecular weight excluding hydrogens is 196 g/mol. The maximum atomic E-state index is 5.91. The molecule has 1 aromatic rings. The zero-order chi connectivity index (χ0) is 10.4. The Morgan fingerprint density at radius 1 is 1.43 bits per heavy atom. The zero-order valence-electron chi connectivity index (χ0n) is 8.57. The van der Waals surface area contributed by atoms with Crippen molar-refractivity contribution in [1.82, 2.24) is 0 Å². The van der Waals surface area contributed by atoms with Gasteiger partial charge in [-0.1, -0.05) is 17.7 Å². The summed E-state index contributed by atoms with van der Waals surface area (Å²) in [5, 5.41) is 0.755. The van der Waals surface area contributed by atoms with Crippen LogP contribution in [-0.4, -0.2) is 19.4 Å². The summed E-state index contributed by atoms with van der Waals surface area (Å²) in [6, 6.07) is 7.78. The van der Waals surface area contributed by atoms with Gasteiger partial charge in [0.1, 0.15) is 0 Å². The van der Waals surface area contributed by atoms with Crippen LogP contribution in [-0.2, 0) is 0 Å². The van der Waals surface area contributed by atoms with Crippen LogP contribution in [0.25, 0.3) is 0 Å². The van der Waals surface area contributed by atoms with Gasteiger partial charge in [0, 0.05) is 23.8 Å². The molecular formula is C11H15ClN2. The molecule has 0 aliphatic heterocycles. The fraction of sp³-hybridized carbons (Fsp3) is 0.364. The molecule has 3 heteroatoms. The number of aliphatic imine (C=N–C) groups is 1. The molecule has 14 heavy (non-hydrogen) atoms. The Labute approximate surface area is 90.2 Å². The van der Waals surface area contributed by atoms with Crippen LogP contribution in [0.5, 0.6) is 0 Å². The van der Waals surface area contributed by atoms with E-state index in [0.29, 0.717) is 0 Å². The molecule has 0 aromatic heterocycles. The van der Waals surface area contributed by atoms with Crippen LogP contribution in [0, 0.1) is 0 Å². The summed E-state index contributed by atoms with van der Waals surface area (Å²) >= 11 is 5.91. The average Bonchev–Trinajstić information content (AvgIpc) is 2.19. The molecule has 2 nitrogen and oxygen atoms in total. The minimum absolute atomic E-state index is 0.755. The number of halogens is 1. The lowest BCUT2D eigenvalue weighted by Gasteiger charge is -2.17. The lowest BCUT2D eigenvalue weighted by atomic mass is 10.3. The zero-order valence-corrected chi connectivity index (χ0v) is 9.33. The van der Waals surface area contributed by atoms with Crippen molar-refractivity contribution < 1.29 is 0 Å². The first kappa shape index (κ1) is 11.1. The number of nitrogens with zero attached hydrogens (tertiary/aromatic N) is 2. The molecule has 0 spiro atoms. The molecule has 1 rings (SSSR count). The molecule has 0 saturated heterocycles. The summed E-state index contributed by atoms with van der Waals surface area (Å²) in [5.41, 5.74) is 1.08. The van der Waals surface area contributed by atoms with Crippen LogP contribution in [0.1, 0.15) is 13.8 Å². The van der Waals surface area contributed by atoms with Crippen LogP contribution in [0.15, 0.2) is 29.3 Å². The second kappa shape index (κ2) is 5.66. The van der Waals surface area contributed by atoms with Gasteiger partial charge in [-0.2, -0.15) is 0 Å². The molecule has 1 aromatic carbocycles. The number of hydrogen-bond donors (Lipinski definition) is 0. The SMILES string of the molecule is CCN=CN(CC)c1cccc(Cl)c1. The number of benzene rings is 1.